The number of hydrogen-bond donors (Lipinski definition) is 2. The van der Waals surface area contributed by atoms with Crippen molar-refractivity contribution in [1.82, 2.24) is 10.6 Å². The highest BCUT2D eigenvalue weighted by Crippen LogP contribution is 2.14. The van der Waals surface area contributed by atoms with Crippen molar-refractivity contribution >= 4 is 48.0 Å². The molecule has 0 aromatic carbocycles. The van der Waals surface area contributed by atoms with Crippen LogP contribution in [-0.2, 0) is 66.7 Å². The van der Waals surface area contributed by atoms with Gasteiger partial charge in [0.05, 0.1) is 32.2 Å². The lowest BCUT2D eigenvalue weighted by Crippen LogP contribution is -2.28. The van der Waals surface area contributed by atoms with E-state index in [4.69, 9.17) is 37.9 Å². The highest BCUT2D eigenvalue weighted by Gasteiger charge is 2.20. The second kappa shape index (κ2) is 32.7. The summed E-state index contributed by atoms with van der Waals surface area (Å²) < 4.78 is 39.7. The summed E-state index contributed by atoms with van der Waals surface area (Å²) in [5, 5.41) is 4.85. The Morgan fingerprint density at radius 1 is 0.491 bits per heavy atom. The Labute approximate surface area is 309 Å². The van der Waals surface area contributed by atoms with E-state index < -0.39 is 53.9 Å². The Balaban J connectivity index is 3.80. The highest BCUT2D eigenvalue weighted by molar-refractivity contribution is 5.81. The van der Waals surface area contributed by atoms with Gasteiger partial charge < -0.3 is 48.5 Å². The smallest absolute Gasteiger partial charge is 0.407 e. The van der Waals surface area contributed by atoms with E-state index in [0.717, 1.165) is 12.2 Å². The fourth-order valence-corrected chi connectivity index (χ4v) is 3.98. The van der Waals surface area contributed by atoms with Crippen molar-refractivity contribution in [2.45, 2.75) is 77.6 Å². The molecule has 0 heterocycles. The quantitative estimate of drug-likeness (QED) is 0.0447. The van der Waals surface area contributed by atoms with E-state index in [0.29, 0.717) is 44.9 Å². The lowest BCUT2D eigenvalue weighted by atomic mass is 10.0. The van der Waals surface area contributed by atoms with Crippen molar-refractivity contribution in [1.29, 1.82) is 0 Å². The molecule has 0 radical (unpaired) electrons. The fraction of sp³-hybridized carbons (Fsp3) is 0.657. The molecule has 0 fully saturated rings. The van der Waals surface area contributed by atoms with Crippen LogP contribution >= 0.6 is 0 Å². The topological polar surface area (TPSA) is 234 Å². The first kappa shape index (κ1) is 47.8. The van der Waals surface area contributed by atoms with Crippen molar-refractivity contribution in [2.75, 3.05) is 65.9 Å². The number of alkyl carbamates (subject to hydrolysis) is 2. The molecule has 18 nitrogen and oxygen atoms in total. The molecule has 2 amide bonds. The van der Waals surface area contributed by atoms with Gasteiger partial charge in [0, 0.05) is 31.4 Å². The third-order valence-electron chi connectivity index (χ3n) is 6.80. The summed E-state index contributed by atoms with van der Waals surface area (Å²) in [5.74, 6) is -3.71. The molecule has 53 heavy (non-hydrogen) atoms. The van der Waals surface area contributed by atoms with Crippen molar-refractivity contribution < 1.29 is 76.3 Å². The molecule has 0 aromatic rings. The second-order valence-electron chi connectivity index (χ2n) is 11.0. The standard InChI is InChI=1S/C35H54N2O16/c1-4-27(33(43)51-26-25-49-31(41)14-10-8-12-20-53-35(45)37-18-22-47-29(39)6-3)15-16-32(42)50-24-23-48-30(40)13-9-7-11-19-52-34(44)36-17-21-46-28(38)5-2/h5-6,27H,2-4,7-26H2,1H3,(H,36,44)(H,37,45). The van der Waals surface area contributed by atoms with E-state index in [1.807, 2.05) is 0 Å². The number of esters is 6. The number of amides is 2. The summed E-state index contributed by atoms with van der Waals surface area (Å²) in [5.41, 5.74) is 0. The van der Waals surface area contributed by atoms with Crippen LogP contribution in [0.25, 0.3) is 0 Å². The van der Waals surface area contributed by atoms with Crippen LogP contribution in [0.15, 0.2) is 25.3 Å². The van der Waals surface area contributed by atoms with E-state index in [2.05, 4.69) is 23.8 Å². The van der Waals surface area contributed by atoms with Crippen LogP contribution in [0.2, 0.25) is 0 Å². The molecule has 0 rings (SSSR count). The summed E-state index contributed by atoms with van der Waals surface area (Å²) >= 11 is 0. The minimum Gasteiger partial charge on any atom is -0.462 e. The molecule has 0 spiro atoms. The highest BCUT2D eigenvalue weighted by atomic mass is 16.6. The van der Waals surface area contributed by atoms with Crippen LogP contribution in [-0.4, -0.2) is 114 Å². The van der Waals surface area contributed by atoms with Gasteiger partial charge in [-0.2, -0.15) is 0 Å². The predicted octanol–water partition coefficient (Wildman–Crippen LogP) is 3.00. The maximum absolute atomic E-state index is 12.4. The Bertz CT molecular complexity index is 1160. The molecule has 18 heteroatoms. The maximum atomic E-state index is 12.4. The number of unbranched alkanes of at least 4 members (excludes halogenated alkanes) is 4. The largest absolute Gasteiger partial charge is 0.462 e. The predicted molar refractivity (Wildman–Crippen MR) is 185 cm³/mol. The van der Waals surface area contributed by atoms with Gasteiger partial charge in [-0.25, -0.2) is 19.2 Å². The summed E-state index contributed by atoms with van der Waals surface area (Å²) in [6.45, 7) is 8.32. The Kier molecular flexibility index (Phi) is 29.5. The van der Waals surface area contributed by atoms with Crippen LogP contribution in [0.3, 0.4) is 0 Å². The van der Waals surface area contributed by atoms with Gasteiger partial charge in [-0.3, -0.25) is 19.2 Å². The zero-order valence-corrected chi connectivity index (χ0v) is 30.5. The van der Waals surface area contributed by atoms with Crippen LogP contribution < -0.4 is 10.6 Å². The number of nitrogens with one attached hydrogen (secondary N) is 2. The summed E-state index contributed by atoms with van der Waals surface area (Å²) in [7, 11) is 0. The first-order valence-electron chi connectivity index (χ1n) is 17.5. The number of rotatable bonds is 31. The maximum Gasteiger partial charge on any atom is 0.407 e. The van der Waals surface area contributed by atoms with Gasteiger partial charge in [0.25, 0.3) is 0 Å². The monoisotopic (exact) mass is 758 g/mol. The number of hydrogen-bond acceptors (Lipinski definition) is 16. The number of ether oxygens (including phenoxy) is 8. The van der Waals surface area contributed by atoms with Gasteiger partial charge in [0.15, 0.2) is 0 Å². The summed E-state index contributed by atoms with van der Waals surface area (Å²) in [6.07, 6.45) is 4.96. The molecule has 0 saturated carbocycles. The van der Waals surface area contributed by atoms with Crippen LogP contribution in [0.4, 0.5) is 9.59 Å². The molecule has 1 unspecified atom stereocenters. The Morgan fingerprint density at radius 2 is 0.906 bits per heavy atom. The van der Waals surface area contributed by atoms with Gasteiger partial charge >= 0.3 is 48.0 Å². The first-order valence-corrected chi connectivity index (χ1v) is 17.5. The minimum atomic E-state index is -0.644. The zero-order valence-electron chi connectivity index (χ0n) is 30.5. The lowest BCUT2D eigenvalue weighted by molar-refractivity contribution is -0.156. The molecular formula is C35H54N2O16. The Morgan fingerprint density at radius 3 is 1.32 bits per heavy atom. The Hall–Kier alpha value is -5.16. The molecule has 2 N–H and O–H groups in total. The van der Waals surface area contributed by atoms with Crippen molar-refractivity contribution in [3.63, 3.8) is 0 Å². The fourth-order valence-electron chi connectivity index (χ4n) is 3.98. The van der Waals surface area contributed by atoms with Crippen molar-refractivity contribution in [2.24, 2.45) is 5.92 Å². The SMILES string of the molecule is C=CC(=O)OCCNC(=O)OCCCCCC(=O)OCCOC(=O)CCC(CC)C(=O)OCCOC(=O)CCCCCOC(=O)NCCOC(=O)C=C. The molecule has 0 saturated heterocycles. The lowest BCUT2D eigenvalue weighted by Gasteiger charge is -2.14. The van der Waals surface area contributed by atoms with E-state index in [1.54, 1.807) is 6.92 Å². The third kappa shape index (κ3) is 30.2. The average Bonchev–Trinajstić information content (AvgIpc) is 3.14. The molecule has 300 valence electrons. The van der Waals surface area contributed by atoms with Crippen LogP contribution in [0.5, 0.6) is 0 Å². The molecule has 0 aliphatic rings. The minimum absolute atomic E-state index is 0.00207. The third-order valence-corrected chi connectivity index (χ3v) is 6.80. The second-order valence-corrected chi connectivity index (χ2v) is 11.0. The number of carbonyl (C=O) groups excluding carboxylic acids is 8. The van der Waals surface area contributed by atoms with Crippen LogP contribution in [0.1, 0.15) is 77.6 Å². The van der Waals surface area contributed by atoms with E-state index >= 15 is 0 Å². The van der Waals surface area contributed by atoms with E-state index in [-0.39, 0.29) is 91.6 Å². The number of carbonyl (C=O) groups is 8. The normalized spacial score (nSPS) is 10.7. The van der Waals surface area contributed by atoms with E-state index in [9.17, 15) is 38.4 Å². The molecule has 0 aromatic heterocycles. The summed E-state index contributed by atoms with van der Waals surface area (Å²) in [6, 6.07) is 0. The summed E-state index contributed by atoms with van der Waals surface area (Å²) in [4.78, 5) is 93.0. The zero-order chi connectivity index (χ0) is 39.5. The van der Waals surface area contributed by atoms with Gasteiger partial charge in [-0.15, -0.1) is 0 Å². The molecule has 0 aliphatic carbocycles. The first-order chi connectivity index (χ1) is 25.5. The van der Waals surface area contributed by atoms with Crippen LogP contribution in [0, 0.1) is 5.92 Å². The molecule has 1 atom stereocenters. The van der Waals surface area contributed by atoms with Gasteiger partial charge in [-0.1, -0.05) is 20.1 Å². The van der Waals surface area contributed by atoms with E-state index in [1.165, 1.54) is 0 Å². The van der Waals surface area contributed by atoms with Crippen molar-refractivity contribution in [3.05, 3.63) is 25.3 Å². The van der Waals surface area contributed by atoms with Gasteiger partial charge in [0.2, 0.25) is 0 Å². The average molecular weight is 759 g/mol. The molecular weight excluding hydrogens is 704 g/mol. The van der Waals surface area contributed by atoms with Gasteiger partial charge in [-0.05, 0) is 51.4 Å². The van der Waals surface area contributed by atoms with Crippen molar-refractivity contribution in [3.8, 4) is 0 Å². The van der Waals surface area contributed by atoms with Gasteiger partial charge in [0.1, 0.15) is 39.6 Å². The molecule has 0 bridgehead atoms. The molecule has 0 aliphatic heterocycles.